The maximum absolute atomic E-state index is 12.7. The zero-order chi connectivity index (χ0) is 23.8. The number of hydrogen-bond donors (Lipinski definition) is 6. The average Bonchev–Trinajstić information content (AvgIpc) is 3.41. The van der Waals surface area contributed by atoms with Gasteiger partial charge in [0, 0.05) is 31.3 Å². The van der Waals surface area contributed by atoms with E-state index in [9.17, 15) is 24.0 Å². The number of aromatic amines is 1. The quantitative estimate of drug-likeness (QED) is 0.224. The summed E-state index contributed by atoms with van der Waals surface area (Å²) in [7, 11) is 0. The Hall–Kier alpha value is -3.48. The van der Waals surface area contributed by atoms with Crippen molar-refractivity contribution in [3.63, 3.8) is 0 Å². The van der Waals surface area contributed by atoms with Crippen LogP contribution in [0.3, 0.4) is 0 Å². The van der Waals surface area contributed by atoms with Crippen LogP contribution in [-0.2, 0) is 30.4 Å². The Morgan fingerprint density at radius 1 is 1.28 bits per heavy atom. The lowest BCUT2D eigenvalue weighted by atomic mass is 10.1. The lowest BCUT2D eigenvalue weighted by molar-refractivity contribution is -0.144. The van der Waals surface area contributed by atoms with Crippen LogP contribution in [0.1, 0.15) is 38.3 Å². The second-order valence-corrected chi connectivity index (χ2v) is 7.64. The number of H-pyrrole nitrogens is 1. The summed E-state index contributed by atoms with van der Waals surface area (Å²) in [6, 6.07) is -4.16. The van der Waals surface area contributed by atoms with Crippen LogP contribution in [-0.4, -0.2) is 85.5 Å². The molecule has 2 rings (SSSR count). The van der Waals surface area contributed by atoms with Crippen molar-refractivity contribution in [1.82, 2.24) is 25.5 Å². The molecule has 13 heteroatoms. The first kappa shape index (κ1) is 24.8. The minimum atomic E-state index is -1.40. The maximum atomic E-state index is 12.7. The first-order valence-corrected chi connectivity index (χ1v) is 10.2. The Morgan fingerprint density at radius 2 is 2.00 bits per heavy atom. The highest BCUT2D eigenvalue weighted by atomic mass is 16.4. The SMILES string of the molecule is CC(NC(=O)C1CCCN1C(=O)C(N)Cc1cnc[nH]1)C(=O)NC(CCC(=O)O)C(=O)O. The molecule has 0 saturated carbocycles. The van der Waals surface area contributed by atoms with Crippen LogP contribution in [0.2, 0.25) is 0 Å². The Bertz CT molecular complexity index is 843. The number of nitrogens with two attached hydrogens (primary N) is 1. The number of aromatic nitrogens is 2. The molecule has 4 atom stereocenters. The lowest BCUT2D eigenvalue weighted by Crippen LogP contribution is -2.56. The lowest BCUT2D eigenvalue weighted by Gasteiger charge is -2.27. The molecule has 1 aromatic rings. The van der Waals surface area contributed by atoms with Gasteiger partial charge in [-0.1, -0.05) is 0 Å². The summed E-state index contributed by atoms with van der Waals surface area (Å²) < 4.78 is 0. The highest BCUT2D eigenvalue weighted by Gasteiger charge is 2.37. The van der Waals surface area contributed by atoms with Crippen molar-refractivity contribution < 1.29 is 34.2 Å². The molecule has 3 amide bonds. The molecule has 0 spiro atoms. The van der Waals surface area contributed by atoms with Crippen molar-refractivity contribution in [3.05, 3.63) is 18.2 Å². The third kappa shape index (κ3) is 6.77. The smallest absolute Gasteiger partial charge is 0.326 e. The molecule has 0 bridgehead atoms. The predicted octanol–water partition coefficient (Wildman–Crippen LogP) is -1.79. The fourth-order valence-corrected chi connectivity index (χ4v) is 3.43. The van der Waals surface area contributed by atoms with Gasteiger partial charge in [-0.25, -0.2) is 9.78 Å². The molecule has 4 unspecified atom stereocenters. The summed E-state index contributed by atoms with van der Waals surface area (Å²) in [5.41, 5.74) is 6.69. The second-order valence-electron chi connectivity index (χ2n) is 7.64. The summed E-state index contributed by atoms with van der Waals surface area (Å²) in [5, 5.41) is 22.6. The zero-order valence-corrected chi connectivity index (χ0v) is 17.6. The van der Waals surface area contributed by atoms with Crippen molar-refractivity contribution in [3.8, 4) is 0 Å². The van der Waals surface area contributed by atoms with Gasteiger partial charge in [0.2, 0.25) is 17.7 Å². The summed E-state index contributed by atoms with van der Waals surface area (Å²) in [6.07, 6.45) is 3.53. The summed E-state index contributed by atoms with van der Waals surface area (Å²) in [4.78, 5) is 67.8. The van der Waals surface area contributed by atoms with Crippen LogP contribution in [0.15, 0.2) is 12.5 Å². The number of nitrogens with one attached hydrogen (secondary N) is 3. The number of carboxylic acid groups (broad SMARTS) is 2. The summed E-state index contributed by atoms with van der Waals surface area (Å²) >= 11 is 0. The monoisotopic (exact) mass is 452 g/mol. The molecule has 0 radical (unpaired) electrons. The van der Waals surface area contributed by atoms with E-state index in [2.05, 4.69) is 20.6 Å². The number of carbonyl (C=O) groups is 5. The van der Waals surface area contributed by atoms with E-state index in [1.54, 1.807) is 6.20 Å². The molecule has 0 aliphatic carbocycles. The molecule has 1 aliphatic rings. The third-order valence-corrected chi connectivity index (χ3v) is 5.16. The van der Waals surface area contributed by atoms with Crippen LogP contribution in [0.4, 0.5) is 0 Å². The molecule has 2 heterocycles. The number of aliphatic carboxylic acids is 2. The predicted molar refractivity (Wildman–Crippen MR) is 109 cm³/mol. The van der Waals surface area contributed by atoms with Crippen molar-refractivity contribution >= 4 is 29.7 Å². The van der Waals surface area contributed by atoms with E-state index in [0.29, 0.717) is 25.1 Å². The van der Waals surface area contributed by atoms with Gasteiger partial charge in [0.05, 0.1) is 12.4 Å². The molecule has 32 heavy (non-hydrogen) atoms. The second kappa shape index (κ2) is 11.2. The van der Waals surface area contributed by atoms with Gasteiger partial charge in [-0.3, -0.25) is 19.2 Å². The van der Waals surface area contributed by atoms with Crippen LogP contribution in [0.25, 0.3) is 0 Å². The van der Waals surface area contributed by atoms with Crippen molar-refractivity contribution in [1.29, 1.82) is 0 Å². The number of carbonyl (C=O) groups excluding carboxylic acids is 3. The topological polar surface area (TPSA) is 208 Å². The van der Waals surface area contributed by atoms with Crippen LogP contribution in [0, 0.1) is 0 Å². The molecule has 7 N–H and O–H groups in total. The third-order valence-electron chi connectivity index (χ3n) is 5.16. The summed E-state index contributed by atoms with van der Waals surface area (Å²) in [6.45, 7) is 1.72. The van der Waals surface area contributed by atoms with Crippen molar-refractivity contribution in [2.75, 3.05) is 6.54 Å². The number of hydrogen-bond acceptors (Lipinski definition) is 7. The Balaban J connectivity index is 1.92. The van der Waals surface area contributed by atoms with Gasteiger partial charge in [-0.15, -0.1) is 0 Å². The van der Waals surface area contributed by atoms with Crippen LogP contribution >= 0.6 is 0 Å². The number of likely N-dealkylation sites (tertiary alicyclic amines) is 1. The minimum absolute atomic E-state index is 0.232. The van der Waals surface area contributed by atoms with Crippen molar-refractivity contribution in [2.45, 2.75) is 63.2 Å². The van der Waals surface area contributed by atoms with Gasteiger partial charge in [0.1, 0.15) is 18.1 Å². The number of amides is 3. The molecule has 1 fully saturated rings. The molecule has 1 aliphatic heterocycles. The van der Waals surface area contributed by atoms with E-state index in [-0.39, 0.29) is 12.8 Å². The standard InChI is InChI=1S/C19H28N6O7/c1-10(16(28)24-13(19(31)32)4-5-15(26)27)23-17(29)14-3-2-6-25(14)18(30)12(20)7-11-8-21-9-22-11/h8-10,12-14H,2-7,20H2,1H3,(H,21,22)(H,23,29)(H,24,28)(H,26,27)(H,31,32). The van der Waals surface area contributed by atoms with Crippen LogP contribution < -0.4 is 16.4 Å². The first-order valence-electron chi connectivity index (χ1n) is 10.2. The molecule has 1 aromatic heterocycles. The van der Waals surface area contributed by atoms with E-state index in [1.165, 1.54) is 18.2 Å². The Labute approximate surface area is 183 Å². The number of imidazole rings is 1. The fourth-order valence-electron chi connectivity index (χ4n) is 3.43. The van der Waals surface area contributed by atoms with E-state index < -0.39 is 60.2 Å². The molecule has 13 nitrogen and oxygen atoms in total. The number of carboxylic acids is 2. The molecular formula is C19H28N6O7. The zero-order valence-electron chi connectivity index (χ0n) is 17.6. The van der Waals surface area contributed by atoms with Gasteiger partial charge in [-0.2, -0.15) is 0 Å². The van der Waals surface area contributed by atoms with Crippen LogP contribution in [0.5, 0.6) is 0 Å². The Kier molecular flexibility index (Phi) is 8.70. The van der Waals surface area contributed by atoms with Gasteiger partial charge in [-0.05, 0) is 26.2 Å². The van der Waals surface area contributed by atoms with E-state index in [0.717, 1.165) is 0 Å². The van der Waals surface area contributed by atoms with Gasteiger partial charge < -0.3 is 36.5 Å². The number of nitrogens with zero attached hydrogens (tertiary/aromatic N) is 2. The van der Waals surface area contributed by atoms with E-state index >= 15 is 0 Å². The van der Waals surface area contributed by atoms with Crippen molar-refractivity contribution in [2.24, 2.45) is 5.73 Å². The molecule has 0 aromatic carbocycles. The maximum Gasteiger partial charge on any atom is 0.326 e. The Morgan fingerprint density at radius 3 is 2.59 bits per heavy atom. The average molecular weight is 452 g/mol. The first-order chi connectivity index (χ1) is 15.1. The van der Waals surface area contributed by atoms with Gasteiger partial charge in [0.25, 0.3) is 0 Å². The number of rotatable bonds is 11. The summed E-state index contributed by atoms with van der Waals surface area (Å²) in [5.74, 6) is -4.29. The van der Waals surface area contributed by atoms with Gasteiger partial charge >= 0.3 is 11.9 Å². The minimum Gasteiger partial charge on any atom is -0.481 e. The molecule has 1 saturated heterocycles. The van der Waals surface area contributed by atoms with E-state index in [1.807, 2.05) is 0 Å². The largest absolute Gasteiger partial charge is 0.481 e. The van der Waals surface area contributed by atoms with Gasteiger partial charge in [0.15, 0.2) is 0 Å². The highest BCUT2D eigenvalue weighted by molar-refractivity contribution is 5.94. The van der Waals surface area contributed by atoms with E-state index in [4.69, 9.17) is 15.9 Å². The normalized spacial score (nSPS) is 18.4. The molecule has 176 valence electrons. The molecular weight excluding hydrogens is 424 g/mol. The highest BCUT2D eigenvalue weighted by Crippen LogP contribution is 2.19. The fraction of sp³-hybridized carbons (Fsp3) is 0.579.